The van der Waals surface area contributed by atoms with Crippen LogP contribution in [-0.2, 0) is 0 Å². The Hall–Kier alpha value is -1.66. The zero-order valence-electron chi connectivity index (χ0n) is 12.7. The number of thiol groups is 1. The number of aryl methyl sites for hydroxylation is 3. The quantitative estimate of drug-likeness (QED) is 0.667. The zero-order valence-corrected chi connectivity index (χ0v) is 14.4. The number of aromatic nitrogens is 2. The number of hydrogen-bond donors (Lipinski definition) is 1. The summed E-state index contributed by atoms with van der Waals surface area (Å²) in [5.74, 6) is 1.88. The molecule has 116 valence electrons. The molecule has 0 N–H and O–H groups in total. The Morgan fingerprint density at radius 1 is 1.23 bits per heavy atom. The molecule has 1 aliphatic rings. The second-order valence-corrected chi connectivity index (χ2v) is 6.01. The average Bonchev–Trinajstić information content (AvgIpc) is 2.75. The standard InChI is InChI=1S/C15H16ClN3O2S/c1-7-5-10(6-8(2)12(7)20-4)15-19(22)11-13(16)17-9(3)18-14(11)21-15/h5-6,15,22H,1-4H3. The molecule has 1 aromatic heterocycles. The smallest absolute Gasteiger partial charge is 0.245 e. The molecular weight excluding hydrogens is 322 g/mol. The number of benzene rings is 1. The van der Waals surface area contributed by atoms with Crippen molar-refractivity contribution in [2.45, 2.75) is 27.0 Å². The van der Waals surface area contributed by atoms with Crippen LogP contribution in [0.2, 0.25) is 5.15 Å². The zero-order chi connectivity index (χ0) is 16.0. The molecule has 3 rings (SSSR count). The SMILES string of the molecule is COc1c(C)cc(C2Oc3nc(C)nc(Cl)c3N2S)cc1C. The molecule has 0 aliphatic carbocycles. The predicted octanol–water partition coefficient (Wildman–Crippen LogP) is 3.81. The minimum atomic E-state index is -0.407. The monoisotopic (exact) mass is 337 g/mol. The van der Waals surface area contributed by atoms with Crippen LogP contribution < -0.4 is 13.8 Å². The lowest BCUT2D eigenvalue weighted by molar-refractivity contribution is 0.238. The fourth-order valence-electron chi connectivity index (χ4n) is 2.71. The third kappa shape index (κ3) is 2.36. The van der Waals surface area contributed by atoms with E-state index in [0.717, 1.165) is 22.4 Å². The molecule has 0 saturated carbocycles. The molecule has 2 heterocycles. The number of methoxy groups -OCH3 is 1. The van der Waals surface area contributed by atoms with Crippen molar-refractivity contribution in [2.75, 3.05) is 11.4 Å². The van der Waals surface area contributed by atoms with E-state index in [1.54, 1.807) is 18.3 Å². The molecular formula is C15H16ClN3O2S. The second-order valence-electron chi connectivity index (χ2n) is 5.22. The van der Waals surface area contributed by atoms with Crippen LogP contribution in [0.1, 0.15) is 28.7 Å². The van der Waals surface area contributed by atoms with Crippen LogP contribution in [0.3, 0.4) is 0 Å². The first-order valence-electron chi connectivity index (χ1n) is 6.76. The first-order valence-corrected chi connectivity index (χ1v) is 7.54. The first-order chi connectivity index (χ1) is 10.4. The maximum atomic E-state index is 6.19. The largest absolute Gasteiger partial charge is 0.496 e. The number of rotatable bonds is 2. The Kier molecular flexibility index (Phi) is 3.82. The van der Waals surface area contributed by atoms with Crippen molar-refractivity contribution in [3.63, 3.8) is 0 Å². The van der Waals surface area contributed by atoms with Gasteiger partial charge in [0, 0.05) is 5.56 Å². The van der Waals surface area contributed by atoms with Crippen LogP contribution in [0.4, 0.5) is 5.69 Å². The summed E-state index contributed by atoms with van der Waals surface area (Å²) in [5.41, 5.74) is 3.61. The number of hydrogen-bond acceptors (Lipinski definition) is 6. The normalized spacial score (nSPS) is 16.5. The lowest BCUT2D eigenvalue weighted by Gasteiger charge is -2.21. The van der Waals surface area contributed by atoms with Gasteiger partial charge in [-0.1, -0.05) is 24.4 Å². The highest BCUT2D eigenvalue weighted by Crippen LogP contribution is 2.47. The van der Waals surface area contributed by atoms with E-state index in [1.807, 2.05) is 26.0 Å². The topological polar surface area (TPSA) is 47.5 Å². The van der Waals surface area contributed by atoms with Crippen LogP contribution in [0.15, 0.2) is 12.1 Å². The van der Waals surface area contributed by atoms with Gasteiger partial charge in [-0.05, 0) is 44.0 Å². The van der Waals surface area contributed by atoms with E-state index in [1.165, 1.54) is 0 Å². The molecule has 1 aromatic carbocycles. The molecule has 2 aromatic rings. The van der Waals surface area contributed by atoms with E-state index >= 15 is 0 Å². The molecule has 0 bridgehead atoms. The van der Waals surface area contributed by atoms with Gasteiger partial charge in [0.1, 0.15) is 11.6 Å². The van der Waals surface area contributed by atoms with Crippen LogP contribution >= 0.6 is 24.4 Å². The number of halogens is 1. The first kappa shape index (κ1) is 15.2. The Labute approximate surface area is 139 Å². The van der Waals surface area contributed by atoms with Crippen molar-refractivity contribution in [3.05, 3.63) is 39.8 Å². The van der Waals surface area contributed by atoms with E-state index in [9.17, 15) is 0 Å². The molecule has 0 radical (unpaired) electrons. The Morgan fingerprint density at radius 2 is 1.86 bits per heavy atom. The van der Waals surface area contributed by atoms with Gasteiger partial charge in [-0.25, -0.2) is 4.98 Å². The van der Waals surface area contributed by atoms with Crippen LogP contribution in [0.5, 0.6) is 11.6 Å². The highest BCUT2D eigenvalue weighted by molar-refractivity contribution is 7.81. The lowest BCUT2D eigenvalue weighted by atomic mass is 10.0. The Balaban J connectivity index is 2.04. The molecule has 7 heteroatoms. The van der Waals surface area contributed by atoms with Crippen molar-refractivity contribution < 1.29 is 9.47 Å². The van der Waals surface area contributed by atoms with Gasteiger partial charge in [-0.15, -0.1) is 0 Å². The van der Waals surface area contributed by atoms with Gasteiger partial charge >= 0.3 is 0 Å². The predicted molar refractivity (Wildman–Crippen MR) is 89.1 cm³/mol. The summed E-state index contributed by atoms with van der Waals surface area (Å²) in [6.07, 6.45) is -0.407. The number of fused-ring (bicyclic) bond motifs is 1. The molecule has 1 atom stereocenters. The third-order valence-electron chi connectivity index (χ3n) is 3.57. The minimum Gasteiger partial charge on any atom is -0.496 e. The summed E-state index contributed by atoms with van der Waals surface area (Å²) in [6.45, 7) is 5.77. The molecule has 0 spiro atoms. The van der Waals surface area contributed by atoms with E-state index in [4.69, 9.17) is 21.1 Å². The van der Waals surface area contributed by atoms with E-state index in [2.05, 4.69) is 22.8 Å². The molecule has 22 heavy (non-hydrogen) atoms. The summed E-state index contributed by atoms with van der Waals surface area (Å²) in [7, 11) is 1.67. The van der Waals surface area contributed by atoms with Crippen LogP contribution in [0, 0.1) is 20.8 Å². The van der Waals surface area contributed by atoms with Gasteiger partial charge in [0.2, 0.25) is 12.1 Å². The highest BCUT2D eigenvalue weighted by Gasteiger charge is 2.35. The number of nitrogens with zero attached hydrogens (tertiary/aromatic N) is 3. The summed E-state index contributed by atoms with van der Waals surface area (Å²) in [5, 5.41) is 0.335. The fourth-order valence-corrected chi connectivity index (χ4v) is 3.43. The number of anilines is 1. The average molecular weight is 338 g/mol. The highest BCUT2D eigenvalue weighted by atomic mass is 35.5. The molecule has 1 unspecified atom stereocenters. The molecule has 1 aliphatic heterocycles. The molecule has 0 fully saturated rings. The summed E-state index contributed by atoms with van der Waals surface area (Å²) < 4.78 is 13.0. The maximum Gasteiger partial charge on any atom is 0.245 e. The van der Waals surface area contributed by atoms with Gasteiger partial charge in [-0.3, -0.25) is 4.31 Å². The molecule has 0 amide bonds. The molecule has 0 saturated heterocycles. The third-order valence-corrected chi connectivity index (χ3v) is 4.24. The van der Waals surface area contributed by atoms with Crippen molar-refractivity contribution in [2.24, 2.45) is 0 Å². The van der Waals surface area contributed by atoms with Gasteiger partial charge < -0.3 is 9.47 Å². The molecule has 5 nitrogen and oxygen atoms in total. The summed E-state index contributed by atoms with van der Waals surface area (Å²) in [6, 6.07) is 4.03. The van der Waals surface area contributed by atoms with Gasteiger partial charge in [-0.2, -0.15) is 4.98 Å². The van der Waals surface area contributed by atoms with Gasteiger partial charge in [0.25, 0.3) is 0 Å². The lowest BCUT2D eigenvalue weighted by Crippen LogP contribution is -2.18. The maximum absolute atomic E-state index is 6.19. The van der Waals surface area contributed by atoms with Crippen molar-refractivity contribution in [1.82, 2.24) is 9.97 Å². The fraction of sp³-hybridized carbons (Fsp3) is 0.333. The minimum absolute atomic E-state index is 0.335. The Bertz CT molecular complexity index is 731. The summed E-state index contributed by atoms with van der Waals surface area (Å²) in [4.78, 5) is 8.44. The van der Waals surface area contributed by atoms with Gasteiger partial charge in [0.05, 0.1) is 7.11 Å². The van der Waals surface area contributed by atoms with Crippen LogP contribution in [-0.4, -0.2) is 17.1 Å². The Morgan fingerprint density at radius 3 is 2.45 bits per heavy atom. The van der Waals surface area contributed by atoms with Gasteiger partial charge in [0.15, 0.2) is 10.8 Å². The van der Waals surface area contributed by atoms with E-state index < -0.39 is 6.23 Å². The van der Waals surface area contributed by atoms with Crippen molar-refractivity contribution >= 4 is 30.1 Å². The van der Waals surface area contributed by atoms with Crippen LogP contribution in [0.25, 0.3) is 0 Å². The van der Waals surface area contributed by atoms with E-state index in [0.29, 0.717) is 22.5 Å². The van der Waals surface area contributed by atoms with E-state index in [-0.39, 0.29) is 0 Å². The van der Waals surface area contributed by atoms with Crippen molar-refractivity contribution in [3.8, 4) is 11.6 Å². The number of ether oxygens (including phenoxy) is 2. The summed E-state index contributed by atoms with van der Waals surface area (Å²) >= 11 is 10.7. The second kappa shape index (κ2) is 5.52. The van der Waals surface area contributed by atoms with Crippen molar-refractivity contribution in [1.29, 1.82) is 0 Å².